The summed E-state index contributed by atoms with van der Waals surface area (Å²) in [6.07, 6.45) is 1.37. The van der Waals surface area contributed by atoms with Gasteiger partial charge in [0.15, 0.2) is 0 Å². The highest BCUT2D eigenvalue weighted by atomic mass is 16.2. The molecular formula is C6H5N3O2. The molecule has 0 aliphatic carbocycles. The van der Waals surface area contributed by atoms with Gasteiger partial charge in [-0.2, -0.15) is 0 Å². The van der Waals surface area contributed by atoms with E-state index >= 15 is 0 Å². The topological polar surface area (TPSA) is 64.0 Å². The second-order valence-corrected chi connectivity index (χ2v) is 2.24. The lowest BCUT2D eigenvalue weighted by molar-refractivity contribution is -0.115. The summed E-state index contributed by atoms with van der Waals surface area (Å²) >= 11 is 0. The van der Waals surface area contributed by atoms with Crippen LogP contribution in [0.25, 0.3) is 0 Å². The number of anilines is 1. The first-order valence-electron chi connectivity index (χ1n) is 3.13. The minimum absolute atomic E-state index is 0.0853. The first-order valence-corrected chi connectivity index (χ1v) is 3.13. The fourth-order valence-electron chi connectivity index (χ4n) is 0.996. The van der Waals surface area contributed by atoms with Gasteiger partial charge in [0, 0.05) is 12.3 Å². The van der Waals surface area contributed by atoms with Crippen molar-refractivity contribution in [3.63, 3.8) is 0 Å². The zero-order valence-corrected chi connectivity index (χ0v) is 5.57. The Hall–Kier alpha value is -1.65. The lowest BCUT2D eigenvalue weighted by atomic mass is 10.6. The van der Waals surface area contributed by atoms with Crippen LogP contribution in [-0.4, -0.2) is 15.5 Å². The van der Waals surface area contributed by atoms with Gasteiger partial charge in [0.05, 0.1) is 0 Å². The number of hydrogen-bond donors (Lipinski definition) is 1. The molecule has 56 valence electrons. The molecule has 1 amide bonds. The number of rotatable bonds is 0. The third-order valence-corrected chi connectivity index (χ3v) is 1.49. The van der Waals surface area contributed by atoms with Crippen LogP contribution < -0.4 is 10.9 Å². The van der Waals surface area contributed by atoms with E-state index < -0.39 is 0 Å². The number of hydrogen-bond acceptors (Lipinski definition) is 3. The number of nitrogens with one attached hydrogen (secondary N) is 1. The van der Waals surface area contributed by atoms with Crippen LogP contribution in [0.3, 0.4) is 0 Å². The van der Waals surface area contributed by atoms with Crippen LogP contribution in [0.15, 0.2) is 17.1 Å². The van der Waals surface area contributed by atoms with Crippen LogP contribution in [0.1, 0.15) is 0 Å². The number of fused-ring (bicyclic) bond motifs is 1. The Morgan fingerprint density at radius 1 is 1.55 bits per heavy atom. The highest BCUT2D eigenvalue weighted by molar-refractivity contribution is 5.92. The van der Waals surface area contributed by atoms with Crippen molar-refractivity contribution in [2.75, 3.05) is 5.32 Å². The summed E-state index contributed by atoms with van der Waals surface area (Å²) in [6.45, 7) is 0.0853. The molecule has 5 heteroatoms. The second kappa shape index (κ2) is 1.91. The molecule has 5 nitrogen and oxygen atoms in total. The molecule has 2 rings (SSSR count). The Kier molecular flexibility index (Phi) is 1.06. The second-order valence-electron chi connectivity index (χ2n) is 2.24. The van der Waals surface area contributed by atoms with Crippen molar-refractivity contribution in [1.29, 1.82) is 0 Å². The van der Waals surface area contributed by atoms with E-state index in [9.17, 15) is 9.59 Å². The van der Waals surface area contributed by atoms with Gasteiger partial charge in [0.2, 0.25) is 11.9 Å². The third-order valence-electron chi connectivity index (χ3n) is 1.49. The lowest BCUT2D eigenvalue weighted by Crippen LogP contribution is -2.17. The summed E-state index contributed by atoms with van der Waals surface area (Å²) in [6, 6.07) is 1.32. The van der Waals surface area contributed by atoms with Crippen molar-refractivity contribution in [2.45, 2.75) is 6.54 Å². The van der Waals surface area contributed by atoms with Crippen molar-refractivity contribution >= 4 is 11.9 Å². The molecular weight excluding hydrogens is 146 g/mol. The molecule has 0 radical (unpaired) electrons. The Bertz CT molecular complexity index is 368. The fraction of sp³-hybridized carbons (Fsp3) is 0.167. The summed E-state index contributed by atoms with van der Waals surface area (Å²) in [5.41, 5.74) is -0.201. The molecule has 0 atom stereocenters. The number of amides is 1. The largest absolute Gasteiger partial charge is 0.294 e. The summed E-state index contributed by atoms with van der Waals surface area (Å²) < 4.78 is 1.29. The van der Waals surface area contributed by atoms with E-state index in [0.717, 1.165) is 0 Å². The van der Waals surface area contributed by atoms with E-state index in [-0.39, 0.29) is 18.0 Å². The van der Waals surface area contributed by atoms with Gasteiger partial charge in [-0.25, -0.2) is 4.98 Å². The van der Waals surface area contributed by atoms with Crippen LogP contribution in [0.5, 0.6) is 0 Å². The molecule has 0 aromatic carbocycles. The van der Waals surface area contributed by atoms with Crippen molar-refractivity contribution in [1.82, 2.24) is 9.55 Å². The van der Waals surface area contributed by atoms with E-state index in [1.165, 1.54) is 16.8 Å². The molecule has 1 aliphatic heterocycles. The van der Waals surface area contributed by atoms with Crippen LogP contribution >= 0.6 is 0 Å². The predicted molar refractivity (Wildman–Crippen MR) is 37.1 cm³/mol. The quantitative estimate of drug-likeness (QED) is 0.527. The van der Waals surface area contributed by atoms with Crippen molar-refractivity contribution in [2.24, 2.45) is 0 Å². The van der Waals surface area contributed by atoms with Crippen LogP contribution in [0.2, 0.25) is 0 Å². The van der Waals surface area contributed by atoms with E-state index in [1.807, 2.05) is 0 Å². The molecule has 0 saturated heterocycles. The molecule has 0 unspecified atom stereocenters. The van der Waals surface area contributed by atoms with Crippen LogP contribution in [-0.2, 0) is 11.3 Å². The molecule has 1 aromatic rings. The molecule has 0 spiro atoms. The van der Waals surface area contributed by atoms with Gasteiger partial charge >= 0.3 is 0 Å². The van der Waals surface area contributed by atoms with E-state index in [2.05, 4.69) is 10.3 Å². The third kappa shape index (κ3) is 0.813. The maximum Gasteiger partial charge on any atom is 0.255 e. The molecule has 1 aromatic heterocycles. The zero-order chi connectivity index (χ0) is 7.84. The summed E-state index contributed by atoms with van der Waals surface area (Å²) in [4.78, 5) is 25.5. The van der Waals surface area contributed by atoms with Crippen molar-refractivity contribution in [3.05, 3.63) is 22.6 Å². The van der Waals surface area contributed by atoms with E-state index in [1.54, 1.807) is 0 Å². The minimum atomic E-state index is -0.201. The Balaban J connectivity index is 2.66. The van der Waals surface area contributed by atoms with Gasteiger partial charge in [-0.1, -0.05) is 0 Å². The van der Waals surface area contributed by atoms with Gasteiger partial charge in [-0.15, -0.1) is 0 Å². The average molecular weight is 151 g/mol. The predicted octanol–water partition coefficient (Wildman–Crippen LogP) is -0.805. The van der Waals surface area contributed by atoms with Crippen LogP contribution in [0, 0.1) is 0 Å². The molecule has 2 heterocycles. The van der Waals surface area contributed by atoms with Crippen molar-refractivity contribution < 1.29 is 4.79 Å². The maximum absolute atomic E-state index is 11.0. The minimum Gasteiger partial charge on any atom is -0.294 e. The molecule has 0 saturated carbocycles. The number of carbonyl (C=O) groups excluding carboxylic acids is 1. The molecule has 1 aliphatic rings. The molecule has 11 heavy (non-hydrogen) atoms. The molecule has 0 bridgehead atoms. The van der Waals surface area contributed by atoms with Gasteiger partial charge in [0.25, 0.3) is 5.56 Å². The lowest BCUT2D eigenvalue weighted by Gasteiger charge is -1.94. The smallest absolute Gasteiger partial charge is 0.255 e. The first kappa shape index (κ1) is 6.09. The van der Waals surface area contributed by atoms with Gasteiger partial charge in [0.1, 0.15) is 6.54 Å². The fourth-order valence-corrected chi connectivity index (χ4v) is 0.996. The maximum atomic E-state index is 11.0. The van der Waals surface area contributed by atoms with E-state index in [0.29, 0.717) is 5.95 Å². The monoisotopic (exact) mass is 151 g/mol. The van der Waals surface area contributed by atoms with Crippen molar-refractivity contribution in [3.8, 4) is 0 Å². The summed E-state index contributed by atoms with van der Waals surface area (Å²) in [5, 5.41) is 2.45. The Morgan fingerprint density at radius 3 is 3.09 bits per heavy atom. The number of nitrogens with zero attached hydrogens (tertiary/aromatic N) is 2. The summed E-state index contributed by atoms with van der Waals surface area (Å²) in [7, 11) is 0. The van der Waals surface area contributed by atoms with E-state index in [4.69, 9.17) is 0 Å². The number of aromatic nitrogens is 2. The van der Waals surface area contributed by atoms with Gasteiger partial charge in [-0.05, 0) is 0 Å². The average Bonchev–Trinajstić information content (AvgIpc) is 2.31. The standard InChI is InChI=1S/C6H5N3O2/c10-4-3-9-5(11)1-2-7-6(9)8-4/h1-2H,3H2,(H,7,8,10). The molecule has 0 fully saturated rings. The molecule has 1 N–H and O–H groups in total. The highest BCUT2D eigenvalue weighted by Gasteiger charge is 2.17. The highest BCUT2D eigenvalue weighted by Crippen LogP contribution is 2.05. The number of carbonyl (C=O) groups is 1. The summed E-state index contributed by atoms with van der Waals surface area (Å²) in [5.74, 6) is 0.142. The van der Waals surface area contributed by atoms with Crippen LogP contribution in [0.4, 0.5) is 5.95 Å². The Labute approximate surface area is 61.7 Å². The SMILES string of the molecule is O=C1Cn2c(nccc2=O)N1. The normalized spacial score (nSPS) is 14.4. The zero-order valence-electron chi connectivity index (χ0n) is 5.57. The Morgan fingerprint density at radius 2 is 2.36 bits per heavy atom. The van der Waals surface area contributed by atoms with Gasteiger partial charge in [-0.3, -0.25) is 19.5 Å². The van der Waals surface area contributed by atoms with Gasteiger partial charge < -0.3 is 0 Å². The first-order chi connectivity index (χ1) is 5.27.